The molecule has 5 nitrogen and oxygen atoms in total. The van der Waals surface area contributed by atoms with Gasteiger partial charge in [0.15, 0.2) is 5.96 Å². The van der Waals surface area contributed by atoms with Gasteiger partial charge in [0.05, 0.1) is 0 Å². The van der Waals surface area contributed by atoms with Crippen LogP contribution < -0.4 is 10.6 Å². The van der Waals surface area contributed by atoms with E-state index >= 15 is 0 Å². The molecule has 0 unspecified atom stereocenters. The van der Waals surface area contributed by atoms with Crippen LogP contribution in [0.3, 0.4) is 0 Å². The summed E-state index contributed by atoms with van der Waals surface area (Å²) in [4.78, 5) is 9.57. The number of nitrogens with zero attached hydrogens (tertiary/aromatic N) is 3. The zero-order valence-electron chi connectivity index (χ0n) is 17.0. The maximum absolute atomic E-state index is 4.41. The Morgan fingerprint density at radius 1 is 1.00 bits per heavy atom. The second-order valence-electron chi connectivity index (χ2n) is 7.94. The molecule has 2 heterocycles. The van der Waals surface area contributed by atoms with E-state index in [1.54, 1.807) is 0 Å². The summed E-state index contributed by atoms with van der Waals surface area (Å²) in [6.45, 7) is 8.25. The molecule has 27 heavy (non-hydrogen) atoms. The number of hydrogen-bond donors (Lipinski definition) is 2. The molecule has 0 aliphatic carbocycles. The smallest absolute Gasteiger partial charge is 0.191 e. The van der Waals surface area contributed by atoms with Crippen molar-refractivity contribution in [3.05, 3.63) is 35.9 Å². The van der Waals surface area contributed by atoms with Gasteiger partial charge in [-0.15, -0.1) is 0 Å². The molecule has 2 saturated heterocycles. The first-order chi connectivity index (χ1) is 13.3. The highest BCUT2D eigenvalue weighted by Crippen LogP contribution is 2.14. The first-order valence-electron chi connectivity index (χ1n) is 10.8. The van der Waals surface area contributed by atoms with E-state index in [1.807, 2.05) is 7.05 Å². The van der Waals surface area contributed by atoms with E-state index in [1.165, 1.54) is 63.7 Å². The fraction of sp³-hybridized carbons (Fsp3) is 0.682. The van der Waals surface area contributed by atoms with Crippen LogP contribution in [0.1, 0.15) is 44.1 Å². The third-order valence-electron chi connectivity index (χ3n) is 5.79. The van der Waals surface area contributed by atoms with E-state index in [9.17, 15) is 0 Å². The minimum absolute atomic E-state index is 0.535. The van der Waals surface area contributed by atoms with E-state index in [2.05, 4.69) is 55.8 Å². The second kappa shape index (κ2) is 11.3. The van der Waals surface area contributed by atoms with Gasteiger partial charge in [0.25, 0.3) is 0 Å². The van der Waals surface area contributed by atoms with Crippen LogP contribution in [-0.2, 0) is 6.54 Å². The molecule has 2 aliphatic heterocycles. The van der Waals surface area contributed by atoms with Gasteiger partial charge in [0.1, 0.15) is 0 Å². The van der Waals surface area contributed by atoms with Gasteiger partial charge >= 0.3 is 0 Å². The summed E-state index contributed by atoms with van der Waals surface area (Å²) in [5, 5.41) is 7.12. The van der Waals surface area contributed by atoms with E-state index in [4.69, 9.17) is 0 Å². The zero-order valence-corrected chi connectivity index (χ0v) is 17.0. The van der Waals surface area contributed by atoms with Crippen LogP contribution in [0.2, 0.25) is 0 Å². The van der Waals surface area contributed by atoms with Gasteiger partial charge in [-0.3, -0.25) is 9.89 Å². The third kappa shape index (κ3) is 7.15. The van der Waals surface area contributed by atoms with Crippen molar-refractivity contribution in [1.29, 1.82) is 0 Å². The van der Waals surface area contributed by atoms with E-state index in [0.717, 1.165) is 32.1 Å². The van der Waals surface area contributed by atoms with Crippen molar-refractivity contribution in [3.63, 3.8) is 0 Å². The highest BCUT2D eigenvalue weighted by molar-refractivity contribution is 5.79. The van der Waals surface area contributed by atoms with Crippen molar-refractivity contribution in [3.8, 4) is 0 Å². The molecule has 0 spiro atoms. The molecule has 2 fully saturated rings. The fourth-order valence-electron chi connectivity index (χ4n) is 4.14. The minimum atomic E-state index is 0.535. The Balaban J connectivity index is 1.27. The van der Waals surface area contributed by atoms with Crippen LogP contribution in [0.15, 0.2) is 35.3 Å². The molecular weight excluding hydrogens is 334 g/mol. The van der Waals surface area contributed by atoms with Crippen molar-refractivity contribution >= 4 is 5.96 Å². The molecule has 2 N–H and O–H groups in total. The van der Waals surface area contributed by atoms with Gasteiger partial charge in [0, 0.05) is 39.3 Å². The summed E-state index contributed by atoms with van der Waals surface area (Å²) in [7, 11) is 1.88. The third-order valence-corrected chi connectivity index (χ3v) is 5.79. The predicted octanol–water partition coefficient (Wildman–Crippen LogP) is 2.69. The number of rotatable bonds is 8. The van der Waals surface area contributed by atoms with Crippen molar-refractivity contribution < 1.29 is 0 Å². The largest absolute Gasteiger partial charge is 0.356 e. The molecular formula is C22H37N5. The summed E-state index contributed by atoms with van der Waals surface area (Å²) >= 11 is 0. The Hall–Kier alpha value is -1.59. The minimum Gasteiger partial charge on any atom is -0.356 e. The van der Waals surface area contributed by atoms with E-state index in [-0.39, 0.29) is 0 Å². The molecule has 0 bridgehead atoms. The molecule has 0 saturated carbocycles. The van der Waals surface area contributed by atoms with Gasteiger partial charge < -0.3 is 15.5 Å². The zero-order chi connectivity index (χ0) is 18.7. The molecule has 0 amide bonds. The lowest BCUT2D eigenvalue weighted by Crippen LogP contribution is -2.48. The number of benzene rings is 1. The molecule has 0 radical (unpaired) electrons. The van der Waals surface area contributed by atoms with Gasteiger partial charge in [-0.2, -0.15) is 0 Å². The SMILES string of the molecule is CN=C(NCCCCN1CCCC1)NC1CCN(Cc2ccccc2)CC1. The average molecular weight is 372 g/mol. The van der Waals surface area contributed by atoms with Crippen molar-refractivity contribution in [2.75, 3.05) is 46.3 Å². The number of likely N-dealkylation sites (tertiary alicyclic amines) is 2. The van der Waals surface area contributed by atoms with E-state index in [0.29, 0.717) is 6.04 Å². The molecule has 1 aromatic rings. The Morgan fingerprint density at radius 3 is 2.44 bits per heavy atom. The summed E-state index contributed by atoms with van der Waals surface area (Å²) in [5.74, 6) is 0.970. The lowest BCUT2D eigenvalue weighted by atomic mass is 10.0. The van der Waals surface area contributed by atoms with Crippen LogP contribution >= 0.6 is 0 Å². The van der Waals surface area contributed by atoms with Crippen LogP contribution in [0.25, 0.3) is 0 Å². The average Bonchev–Trinajstić information content (AvgIpc) is 3.22. The summed E-state index contributed by atoms with van der Waals surface area (Å²) in [6.07, 6.45) is 7.64. The Bertz CT molecular complexity index is 545. The van der Waals surface area contributed by atoms with Gasteiger partial charge in [-0.1, -0.05) is 30.3 Å². The molecule has 1 aromatic carbocycles. The number of hydrogen-bond acceptors (Lipinski definition) is 3. The molecule has 5 heteroatoms. The van der Waals surface area contributed by atoms with E-state index < -0.39 is 0 Å². The Kier molecular flexibility index (Phi) is 8.43. The van der Waals surface area contributed by atoms with Crippen LogP contribution in [0.5, 0.6) is 0 Å². The molecule has 150 valence electrons. The summed E-state index contributed by atoms with van der Waals surface area (Å²) in [6, 6.07) is 11.3. The Morgan fingerprint density at radius 2 is 1.74 bits per heavy atom. The first kappa shape index (κ1) is 20.2. The summed E-state index contributed by atoms with van der Waals surface area (Å²) < 4.78 is 0. The molecule has 0 atom stereocenters. The van der Waals surface area contributed by atoms with Crippen LogP contribution in [0, 0.1) is 0 Å². The first-order valence-corrected chi connectivity index (χ1v) is 10.8. The topological polar surface area (TPSA) is 42.9 Å². The maximum atomic E-state index is 4.41. The monoisotopic (exact) mass is 371 g/mol. The van der Waals surface area contributed by atoms with Crippen LogP contribution in [0.4, 0.5) is 0 Å². The predicted molar refractivity (Wildman–Crippen MR) is 114 cm³/mol. The number of nitrogens with one attached hydrogen (secondary N) is 2. The van der Waals surface area contributed by atoms with Gasteiger partial charge in [0.2, 0.25) is 0 Å². The number of guanidine groups is 1. The second-order valence-corrected chi connectivity index (χ2v) is 7.94. The Labute approximate surface area is 165 Å². The normalized spacial score (nSPS) is 20.1. The standard InChI is InChI=1S/C22H37N5/c1-23-22(24-13-5-6-14-26-15-7-8-16-26)25-21-11-17-27(18-12-21)19-20-9-3-2-4-10-20/h2-4,9-10,21H,5-8,11-19H2,1H3,(H2,23,24,25). The van der Waals surface area contributed by atoms with Crippen molar-refractivity contribution in [2.45, 2.75) is 51.1 Å². The molecule has 3 rings (SSSR count). The maximum Gasteiger partial charge on any atom is 0.191 e. The van der Waals surface area contributed by atoms with Gasteiger partial charge in [-0.05, 0) is 63.7 Å². The lowest BCUT2D eigenvalue weighted by molar-refractivity contribution is 0.198. The van der Waals surface area contributed by atoms with Gasteiger partial charge in [-0.25, -0.2) is 0 Å². The van der Waals surface area contributed by atoms with Crippen LogP contribution in [-0.4, -0.2) is 68.1 Å². The summed E-state index contributed by atoms with van der Waals surface area (Å²) in [5.41, 5.74) is 1.41. The number of piperidine rings is 1. The number of unbranched alkanes of at least 4 members (excludes halogenated alkanes) is 1. The lowest BCUT2D eigenvalue weighted by Gasteiger charge is -2.33. The fourth-order valence-corrected chi connectivity index (χ4v) is 4.14. The number of aliphatic imine (C=N–C) groups is 1. The van der Waals surface area contributed by atoms with Crippen molar-refractivity contribution in [1.82, 2.24) is 20.4 Å². The highest BCUT2D eigenvalue weighted by atomic mass is 15.2. The molecule has 2 aliphatic rings. The van der Waals surface area contributed by atoms with Crippen molar-refractivity contribution in [2.24, 2.45) is 4.99 Å². The quantitative estimate of drug-likeness (QED) is 0.419. The highest BCUT2D eigenvalue weighted by Gasteiger charge is 2.20. The molecule has 0 aromatic heterocycles.